The standard InChI is InChI=1S/C31H29Cl2FN4O7S2/c1-19-24(32)5-3-7-28(19)44-10-11-45-31(40)38-9-12-46-29-22(4-2-6-27(29)38)21-16-36-37(17-21)18-23-25(33)14-20(15-26(23)34)30(39)35-8-13-47(41,42)43/h2-7,14-17H,8-13,18H2,1H3,(H,35,39)(H,41,42,43). The van der Waals surface area contributed by atoms with E-state index in [1.165, 1.54) is 10.7 Å². The van der Waals surface area contributed by atoms with Gasteiger partial charge >= 0.3 is 6.09 Å². The molecule has 47 heavy (non-hydrogen) atoms. The highest BCUT2D eigenvalue weighted by atomic mass is 35.5. The summed E-state index contributed by atoms with van der Waals surface area (Å²) in [4.78, 5) is 27.8. The average Bonchev–Trinajstić information content (AvgIpc) is 3.50. The Morgan fingerprint density at radius 3 is 2.68 bits per heavy atom. The predicted molar refractivity (Wildman–Crippen MR) is 178 cm³/mol. The minimum atomic E-state index is -4.26. The number of amides is 2. The van der Waals surface area contributed by atoms with E-state index in [0.29, 0.717) is 28.8 Å². The topological polar surface area (TPSA) is 140 Å². The number of aromatic nitrogens is 2. The maximum atomic E-state index is 15.1. The van der Waals surface area contributed by atoms with Crippen LogP contribution in [-0.4, -0.2) is 72.6 Å². The van der Waals surface area contributed by atoms with E-state index in [0.717, 1.165) is 27.7 Å². The minimum Gasteiger partial charge on any atom is -0.490 e. The lowest BCUT2D eigenvalue weighted by atomic mass is 10.1. The van der Waals surface area contributed by atoms with E-state index in [1.807, 2.05) is 25.1 Å². The van der Waals surface area contributed by atoms with Gasteiger partial charge < -0.3 is 14.8 Å². The molecule has 11 nitrogen and oxygen atoms in total. The highest BCUT2D eigenvalue weighted by molar-refractivity contribution is 7.99. The number of nitrogens with one attached hydrogen (secondary N) is 1. The Morgan fingerprint density at radius 1 is 1.13 bits per heavy atom. The third-order valence-electron chi connectivity index (χ3n) is 7.16. The molecule has 0 bridgehead atoms. The van der Waals surface area contributed by atoms with Gasteiger partial charge in [0.15, 0.2) is 0 Å². The number of halogens is 3. The normalized spacial score (nSPS) is 12.8. The Labute approximate surface area is 284 Å². The molecule has 0 saturated heterocycles. The summed E-state index contributed by atoms with van der Waals surface area (Å²) in [6, 6.07) is 13.2. The molecule has 0 fully saturated rings. The van der Waals surface area contributed by atoms with Crippen molar-refractivity contribution in [3.8, 4) is 16.9 Å². The largest absolute Gasteiger partial charge is 0.490 e. The van der Waals surface area contributed by atoms with Crippen LogP contribution in [0.3, 0.4) is 0 Å². The third kappa shape index (κ3) is 8.56. The number of thioether (sulfide) groups is 1. The molecule has 0 saturated carbocycles. The first-order chi connectivity index (χ1) is 22.4. The molecule has 5 rings (SSSR count). The van der Waals surface area contributed by atoms with Gasteiger partial charge in [0.05, 0.1) is 24.2 Å². The van der Waals surface area contributed by atoms with Crippen molar-refractivity contribution in [3.05, 3.63) is 93.5 Å². The van der Waals surface area contributed by atoms with Crippen LogP contribution in [0.1, 0.15) is 21.5 Å². The first kappa shape index (κ1) is 34.5. The van der Waals surface area contributed by atoms with E-state index in [4.69, 9.17) is 37.2 Å². The number of hydrogen-bond donors (Lipinski definition) is 2. The van der Waals surface area contributed by atoms with Crippen molar-refractivity contribution in [3.63, 3.8) is 0 Å². The summed E-state index contributed by atoms with van der Waals surface area (Å²) in [5.74, 6) is -0.903. The second kappa shape index (κ2) is 14.9. The van der Waals surface area contributed by atoms with Crippen LogP contribution in [-0.2, 0) is 21.4 Å². The highest BCUT2D eigenvalue weighted by Crippen LogP contribution is 2.42. The van der Waals surface area contributed by atoms with Crippen LogP contribution < -0.4 is 15.0 Å². The van der Waals surface area contributed by atoms with Crippen molar-refractivity contribution in [2.45, 2.75) is 18.4 Å². The minimum absolute atomic E-state index is 0.0168. The number of hydrogen-bond acceptors (Lipinski definition) is 8. The van der Waals surface area contributed by atoms with E-state index in [9.17, 15) is 18.0 Å². The lowest BCUT2D eigenvalue weighted by Crippen LogP contribution is -2.36. The van der Waals surface area contributed by atoms with Crippen LogP contribution in [0.2, 0.25) is 10.0 Å². The first-order valence-electron chi connectivity index (χ1n) is 14.2. The monoisotopic (exact) mass is 722 g/mol. The Kier molecular flexibility index (Phi) is 11.0. The van der Waals surface area contributed by atoms with Crippen molar-refractivity contribution in [2.24, 2.45) is 0 Å². The van der Waals surface area contributed by atoms with Gasteiger partial charge in [-0.05, 0) is 37.3 Å². The zero-order chi connectivity index (χ0) is 33.7. The zero-order valence-electron chi connectivity index (χ0n) is 24.9. The molecule has 0 radical (unpaired) electrons. The average molecular weight is 724 g/mol. The molecule has 0 aliphatic carbocycles. The molecule has 1 aliphatic rings. The molecule has 0 spiro atoms. The SMILES string of the molecule is Cc1c(Cl)cccc1OCCOC(=O)N1CCSc2c(-c3cnn(Cc4c(F)cc(C(=O)NCCS(=O)(=O)O)cc4Cl)c3)cccc21. The number of carbonyl (C=O) groups is 2. The van der Waals surface area contributed by atoms with Crippen LogP contribution in [0.5, 0.6) is 5.75 Å². The first-order valence-corrected chi connectivity index (χ1v) is 17.6. The fraction of sp³-hybridized carbons (Fsp3) is 0.258. The van der Waals surface area contributed by atoms with Crippen molar-refractivity contribution >= 4 is 62.8 Å². The third-order valence-corrected chi connectivity index (χ3v) is 9.74. The summed E-state index contributed by atoms with van der Waals surface area (Å²) in [6.45, 7) is 2.14. The van der Waals surface area contributed by atoms with E-state index in [1.54, 1.807) is 47.3 Å². The fourth-order valence-corrected chi connectivity index (χ4v) is 6.74. The summed E-state index contributed by atoms with van der Waals surface area (Å²) in [5.41, 5.74) is 3.07. The summed E-state index contributed by atoms with van der Waals surface area (Å²) in [7, 11) is -4.26. The highest BCUT2D eigenvalue weighted by Gasteiger charge is 2.27. The van der Waals surface area contributed by atoms with E-state index in [2.05, 4.69) is 10.4 Å². The van der Waals surface area contributed by atoms with Gasteiger partial charge in [-0.2, -0.15) is 13.5 Å². The number of benzene rings is 3. The smallest absolute Gasteiger partial charge is 0.414 e. The summed E-state index contributed by atoms with van der Waals surface area (Å²) in [6.07, 6.45) is 2.87. The van der Waals surface area contributed by atoms with Crippen molar-refractivity contribution in [2.75, 3.05) is 42.7 Å². The molecule has 1 aromatic heterocycles. The van der Waals surface area contributed by atoms with Crippen LogP contribution in [0, 0.1) is 12.7 Å². The van der Waals surface area contributed by atoms with Crippen molar-refractivity contribution in [1.29, 1.82) is 0 Å². The second-order valence-corrected chi connectivity index (χ2v) is 13.9. The molecule has 2 amide bonds. The van der Waals surface area contributed by atoms with Crippen LogP contribution in [0.4, 0.5) is 14.9 Å². The molecule has 4 aromatic rings. The quantitative estimate of drug-likeness (QED) is 0.139. The van der Waals surface area contributed by atoms with Crippen molar-refractivity contribution < 1.29 is 36.4 Å². The Balaban J connectivity index is 1.24. The van der Waals surface area contributed by atoms with Gasteiger partial charge in [0.25, 0.3) is 16.0 Å². The number of ether oxygens (including phenoxy) is 2. The van der Waals surface area contributed by atoms with Gasteiger partial charge in [0, 0.05) is 67.8 Å². The number of fused-ring (bicyclic) bond motifs is 1. The lowest BCUT2D eigenvalue weighted by Gasteiger charge is -2.29. The van der Waals surface area contributed by atoms with E-state index in [-0.39, 0.29) is 42.5 Å². The molecular weight excluding hydrogens is 694 g/mol. The molecule has 1 aliphatic heterocycles. The number of anilines is 1. The molecule has 3 aromatic carbocycles. The Hall–Kier alpha value is -3.82. The summed E-state index contributed by atoms with van der Waals surface area (Å²) >= 11 is 14.1. The fourth-order valence-electron chi connectivity index (χ4n) is 4.80. The molecule has 0 atom stereocenters. The van der Waals surface area contributed by atoms with Crippen LogP contribution >= 0.6 is 35.0 Å². The zero-order valence-corrected chi connectivity index (χ0v) is 28.1. The number of carbonyl (C=O) groups excluding carboxylic acids is 2. The lowest BCUT2D eigenvalue weighted by molar-refractivity contribution is 0.0955. The molecule has 248 valence electrons. The van der Waals surface area contributed by atoms with Gasteiger partial charge in [-0.3, -0.25) is 18.9 Å². The molecule has 0 unspecified atom stereocenters. The van der Waals surface area contributed by atoms with Gasteiger partial charge in [0.2, 0.25) is 0 Å². The van der Waals surface area contributed by atoms with E-state index < -0.39 is 33.7 Å². The summed E-state index contributed by atoms with van der Waals surface area (Å²) in [5, 5.41) is 7.24. The Morgan fingerprint density at radius 2 is 1.91 bits per heavy atom. The van der Waals surface area contributed by atoms with Gasteiger partial charge in [0.1, 0.15) is 24.8 Å². The molecular formula is C31H29Cl2FN4O7S2. The summed E-state index contributed by atoms with van der Waals surface area (Å²) < 4.78 is 58.4. The maximum absolute atomic E-state index is 15.1. The molecule has 2 N–H and O–H groups in total. The van der Waals surface area contributed by atoms with Gasteiger partial charge in [-0.15, -0.1) is 11.8 Å². The van der Waals surface area contributed by atoms with Crippen LogP contribution in [0.25, 0.3) is 11.1 Å². The van der Waals surface area contributed by atoms with Crippen LogP contribution in [0.15, 0.2) is 65.8 Å². The second-order valence-electron chi connectivity index (χ2n) is 10.4. The molecule has 16 heteroatoms. The number of rotatable bonds is 11. The van der Waals surface area contributed by atoms with E-state index >= 15 is 4.39 Å². The van der Waals surface area contributed by atoms with Gasteiger partial charge in [-0.25, -0.2) is 9.18 Å². The Bertz CT molecular complexity index is 1900. The van der Waals surface area contributed by atoms with Crippen molar-refractivity contribution in [1.82, 2.24) is 15.1 Å². The molecule has 2 heterocycles. The number of nitrogens with zero attached hydrogens (tertiary/aromatic N) is 3. The maximum Gasteiger partial charge on any atom is 0.414 e. The van der Waals surface area contributed by atoms with Gasteiger partial charge in [-0.1, -0.05) is 41.4 Å². The predicted octanol–water partition coefficient (Wildman–Crippen LogP) is 6.10.